The fraction of sp³-hybridized carbons (Fsp3) is 0.458. The summed E-state index contributed by atoms with van der Waals surface area (Å²) in [6.45, 7) is 1.73. The average molecular weight is 578 g/mol. The minimum atomic E-state index is -3.90. The van der Waals surface area contributed by atoms with Crippen molar-refractivity contribution < 1.29 is 27.3 Å². The number of fused-ring (bicyclic) bond motifs is 2. The topological polar surface area (TPSA) is 153 Å². The molecule has 0 spiro atoms. The molecule has 15 heteroatoms. The first-order valence-corrected chi connectivity index (χ1v) is 14.5. The van der Waals surface area contributed by atoms with Gasteiger partial charge in [-0.3, -0.25) is 9.69 Å². The Balaban J connectivity index is 1.24. The normalized spacial score (nSPS) is 22.6. The number of amides is 2. The van der Waals surface area contributed by atoms with Crippen molar-refractivity contribution in [2.24, 2.45) is 0 Å². The van der Waals surface area contributed by atoms with Gasteiger partial charge in [-0.05, 0) is 44.2 Å². The van der Waals surface area contributed by atoms with E-state index in [4.69, 9.17) is 20.9 Å². The molecule has 2 fully saturated rings. The maximum atomic E-state index is 13.6. The van der Waals surface area contributed by atoms with Crippen molar-refractivity contribution in [1.29, 1.82) is 0 Å². The predicted octanol–water partition coefficient (Wildman–Crippen LogP) is 1.66. The highest BCUT2D eigenvalue weighted by atomic mass is 35.5. The Morgan fingerprint density at radius 3 is 2.85 bits per heavy atom. The molecule has 3 N–H and O–H groups in total. The van der Waals surface area contributed by atoms with E-state index in [-0.39, 0.29) is 36.5 Å². The van der Waals surface area contributed by atoms with Crippen molar-refractivity contribution in [2.75, 3.05) is 33.2 Å². The molecular weight excluding hydrogens is 550 g/mol. The van der Waals surface area contributed by atoms with E-state index >= 15 is 0 Å². The van der Waals surface area contributed by atoms with Crippen molar-refractivity contribution in [3.8, 4) is 0 Å². The first-order chi connectivity index (χ1) is 18.7. The van der Waals surface area contributed by atoms with Gasteiger partial charge in [0.1, 0.15) is 17.0 Å². The molecule has 5 heterocycles. The number of carbonyl (C=O) groups excluding carboxylic acids is 2. The monoisotopic (exact) mass is 577 g/mol. The number of hydrogen-bond acceptors (Lipinski definition) is 9. The van der Waals surface area contributed by atoms with Crippen LogP contribution in [0.5, 0.6) is 0 Å². The minimum Gasteiger partial charge on any atom is -0.436 e. The summed E-state index contributed by atoms with van der Waals surface area (Å²) < 4.78 is 34.5. The molecule has 3 aliphatic rings. The molecule has 6 rings (SSSR count). The lowest BCUT2D eigenvalue weighted by Crippen LogP contribution is -2.57. The quantitative estimate of drug-likeness (QED) is 0.397. The Morgan fingerprint density at radius 2 is 2.05 bits per heavy atom. The van der Waals surface area contributed by atoms with Crippen molar-refractivity contribution in [2.45, 2.75) is 43.0 Å². The van der Waals surface area contributed by atoms with Gasteiger partial charge in [-0.15, -0.1) is 5.48 Å². The molecule has 208 valence electrons. The number of piperazine rings is 1. The smallest absolute Gasteiger partial charge is 0.427 e. The van der Waals surface area contributed by atoms with E-state index in [0.29, 0.717) is 47.5 Å². The van der Waals surface area contributed by atoms with Gasteiger partial charge in [-0.1, -0.05) is 11.6 Å². The Hall–Kier alpha value is -3.17. The van der Waals surface area contributed by atoms with Gasteiger partial charge in [0.25, 0.3) is 15.9 Å². The summed E-state index contributed by atoms with van der Waals surface area (Å²) in [6.07, 6.45) is 0.455. The zero-order valence-electron chi connectivity index (χ0n) is 21.1. The van der Waals surface area contributed by atoms with Crippen LogP contribution in [0.2, 0.25) is 5.02 Å². The third-order valence-electron chi connectivity index (χ3n) is 7.36. The van der Waals surface area contributed by atoms with Crippen LogP contribution in [-0.4, -0.2) is 89.9 Å². The van der Waals surface area contributed by atoms with E-state index in [9.17, 15) is 18.0 Å². The van der Waals surface area contributed by atoms with E-state index in [0.717, 1.165) is 12.2 Å². The first-order valence-electron chi connectivity index (χ1n) is 12.7. The Bertz CT molecular complexity index is 1540. The lowest BCUT2D eigenvalue weighted by atomic mass is 10.1. The summed E-state index contributed by atoms with van der Waals surface area (Å²) >= 11 is 6.08. The summed E-state index contributed by atoms with van der Waals surface area (Å²) in [6, 6.07) is 6.19. The van der Waals surface area contributed by atoms with Gasteiger partial charge in [-0.2, -0.15) is 4.31 Å². The molecule has 1 aromatic carbocycles. The number of nitrogens with one attached hydrogen (secondary N) is 3. The fourth-order valence-electron chi connectivity index (χ4n) is 5.27. The highest BCUT2D eigenvalue weighted by Gasteiger charge is 2.39. The molecule has 0 aliphatic carbocycles. The molecule has 2 saturated heterocycles. The van der Waals surface area contributed by atoms with Crippen LogP contribution in [0.25, 0.3) is 10.9 Å². The number of aromatic nitrogens is 2. The highest BCUT2D eigenvalue weighted by molar-refractivity contribution is 7.89. The fourth-order valence-corrected chi connectivity index (χ4v) is 6.93. The zero-order valence-corrected chi connectivity index (χ0v) is 22.7. The van der Waals surface area contributed by atoms with Gasteiger partial charge in [0, 0.05) is 54.6 Å². The Labute approximate surface area is 229 Å². The first kappa shape index (κ1) is 26.1. The number of likely N-dealkylation sites (N-methyl/N-ethyl adjacent to an activating group) is 1. The maximum absolute atomic E-state index is 13.6. The molecule has 0 bridgehead atoms. The molecule has 3 aliphatic heterocycles. The minimum absolute atomic E-state index is 0.0136. The van der Waals surface area contributed by atoms with E-state index in [1.807, 2.05) is 7.05 Å². The standard InChI is InChI=1S/C24H28ClN7O6S/c1-30-7-6-18-19(13-30)37-22(27-18)23(33)32-9-8-31(12-16(32)3-5-20-28-24(34)38-29-20)39(35,36)21-11-14-10-15(25)2-4-17(14)26-21/h2,4,10-11,16,20,26,29H,3,5-9,12-13H2,1H3,(H,28,34). The van der Waals surface area contributed by atoms with Crippen LogP contribution in [-0.2, 0) is 27.8 Å². The Morgan fingerprint density at radius 1 is 1.21 bits per heavy atom. The van der Waals surface area contributed by atoms with Gasteiger partial charge in [0.2, 0.25) is 0 Å². The number of rotatable bonds is 6. The average Bonchev–Trinajstić information content (AvgIpc) is 3.64. The summed E-state index contributed by atoms with van der Waals surface area (Å²) in [5, 5.41) is 3.89. The zero-order chi connectivity index (χ0) is 27.3. The molecule has 39 heavy (non-hydrogen) atoms. The number of hydrogen-bond donors (Lipinski definition) is 3. The number of carbonyl (C=O) groups is 2. The van der Waals surface area contributed by atoms with Crippen molar-refractivity contribution >= 4 is 44.5 Å². The molecule has 2 amide bonds. The number of oxazole rings is 1. The van der Waals surface area contributed by atoms with Crippen LogP contribution in [0.4, 0.5) is 4.79 Å². The largest absolute Gasteiger partial charge is 0.436 e. The summed E-state index contributed by atoms with van der Waals surface area (Å²) in [5.41, 5.74) is 4.04. The van der Waals surface area contributed by atoms with E-state index < -0.39 is 28.3 Å². The van der Waals surface area contributed by atoms with Crippen molar-refractivity contribution in [3.05, 3.63) is 46.6 Å². The van der Waals surface area contributed by atoms with Gasteiger partial charge >= 0.3 is 12.0 Å². The van der Waals surface area contributed by atoms with E-state index in [2.05, 4.69) is 25.7 Å². The second kappa shape index (κ2) is 10.1. The van der Waals surface area contributed by atoms with Crippen LogP contribution in [0.1, 0.15) is 35.0 Å². The van der Waals surface area contributed by atoms with Crippen molar-refractivity contribution in [3.63, 3.8) is 0 Å². The molecule has 2 atom stereocenters. The number of benzene rings is 1. The third-order valence-corrected chi connectivity index (χ3v) is 9.38. The number of hydroxylamine groups is 1. The lowest BCUT2D eigenvalue weighted by Gasteiger charge is -2.40. The SMILES string of the molecule is CN1CCc2nc(C(=O)N3CCN(S(=O)(=O)c4cc5cc(Cl)ccc5[nH]4)CC3CCC3NOC(=O)N3)oc2C1. The van der Waals surface area contributed by atoms with Crippen LogP contribution < -0.4 is 10.8 Å². The van der Waals surface area contributed by atoms with Crippen LogP contribution >= 0.6 is 11.6 Å². The molecule has 3 aromatic rings. The van der Waals surface area contributed by atoms with Gasteiger partial charge in [0.05, 0.1) is 12.2 Å². The maximum Gasteiger partial charge on any atom is 0.427 e. The molecule has 2 aromatic heterocycles. The van der Waals surface area contributed by atoms with Crippen LogP contribution in [0.3, 0.4) is 0 Å². The number of aromatic amines is 1. The second-order valence-electron chi connectivity index (χ2n) is 10.0. The third kappa shape index (κ3) is 5.10. The Kier molecular flexibility index (Phi) is 6.75. The molecular formula is C24H28ClN7O6S. The van der Waals surface area contributed by atoms with Crippen LogP contribution in [0.15, 0.2) is 33.7 Å². The molecule has 0 saturated carbocycles. The summed E-state index contributed by atoms with van der Waals surface area (Å²) in [4.78, 5) is 40.9. The molecule has 13 nitrogen and oxygen atoms in total. The summed E-state index contributed by atoms with van der Waals surface area (Å²) in [7, 11) is -1.92. The molecule has 2 unspecified atom stereocenters. The molecule has 0 radical (unpaired) electrons. The number of sulfonamides is 1. The number of H-pyrrole nitrogens is 1. The second-order valence-corrected chi connectivity index (χ2v) is 12.4. The highest BCUT2D eigenvalue weighted by Crippen LogP contribution is 2.28. The number of halogens is 1. The van der Waals surface area contributed by atoms with Gasteiger partial charge < -0.3 is 24.5 Å². The van der Waals surface area contributed by atoms with Crippen LogP contribution in [0, 0.1) is 0 Å². The summed E-state index contributed by atoms with van der Waals surface area (Å²) in [5.74, 6) is 0.313. The van der Waals surface area contributed by atoms with Gasteiger partial charge in [-0.25, -0.2) is 18.2 Å². The van der Waals surface area contributed by atoms with Gasteiger partial charge in [0.15, 0.2) is 0 Å². The lowest BCUT2D eigenvalue weighted by molar-refractivity contribution is 0.0493. The van der Waals surface area contributed by atoms with E-state index in [1.54, 1.807) is 29.2 Å². The number of nitrogens with zero attached hydrogens (tertiary/aromatic N) is 4. The van der Waals surface area contributed by atoms with E-state index in [1.165, 1.54) is 4.31 Å². The predicted molar refractivity (Wildman–Crippen MR) is 139 cm³/mol. The van der Waals surface area contributed by atoms with Crippen molar-refractivity contribution in [1.82, 2.24) is 34.9 Å².